The highest BCUT2D eigenvalue weighted by atomic mass is 35.5. The van der Waals surface area contributed by atoms with E-state index >= 15 is 0 Å². The number of anilines is 1. The summed E-state index contributed by atoms with van der Waals surface area (Å²) < 4.78 is 10.6. The average molecular weight is 420 g/mol. The minimum absolute atomic E-state index is 0.299. The van der Waals surface area contributed by atoms with E-state index < -0.39 is 0 Å². The van der Waals surface area contributed by atoms with Crippen LogP contribution < -0.4 is 14.8 Å². The lowest BCUT2D eigenvalue weighted by Crippen LogP contribution is -2.14. The smallest absolute Gasteiger partial charge is 0.256 e. The largest absolute Gasteiger partial charge is 0.495 e. The van der Waals surface area contributed by atoms with Gasteiger partial charge in [0.25, 0.3) is 5.91 Å². The van der Waals surface area contributed by atoms with E-state index in [2.05, 4.69) is 10.3 Å². The van der Waals surface area contributed by atoms with E-state index in [1.165, 1.54) is 14.2 Å². The molecule has 1 N–H and O–H groups in total. The molecule has 0 saturated heterocycles. The lowest BCUT2D eigenvalue weighted by molar-refractivity contribution is 0.102. The summed E-state index contributed by atoms with van der Waals surface area (Å²) in [6.07, 6.45) is 3.38. The fourth-order valence-corrected chi connectivity index (χ4v) is 3.41. The van der Waals surface area contributed by atoms with Crippen molar-refractivity contribution in [3.63, 3.8) is 0 Å². The van der Waals surface area contributed by atoms with Crippen LogP contribution in [0.25, 0.3) is 22.2 Å². The zero-order valence-electron chi connectivity index (χ0n) is 16.3. The molecule has 2 aromatic carbocycles. The molecule has 0 fully saturated rings. The number of para-hydroxylation sites is 1. The number of rotatable bonds is 5. The topological polar surface area (TPSA) is 73.3 Å². The van der Waals surface area contributed by atoms with E-state index in [0.717, 1.165) is 16.5 Å². The minimum Gasteiger partial charge on any atom is -0.495 e. The normalized spacial score (nSPS) is 10.6. The first-order chi connectivity index (χ1) is 14.6. The highest BCUT2D eigenvalue weighted by Crippen LogP contribution is 2.36. The minimum atomic E-state index is -0.299. The van der Waals surface area contributed by atoms with E-state index in [0.29, 0.717) is 33.5 Å². The van der Waals surface area contributed by atoms with Crippen molar-refractivity contribution in [2.75, 3.05) is 19.5 Å². The first-order valence-electron chi connectivity index (χ1n) is 9.13. The van der Waals surface area contributed by atoms with Gasteiger partial charge in [-0.3, -0.25) is 9.78 Å². The number of benzene rings is 2. The summed E-state index contributed by atoms with van der Waals surface area (Å²) >= 11 is 6.17. The van der Waals surface area contributed by atoms with Crippen molar-refractivity contribution in [2.24, 2.45) is 0 Å². The molecule has 30 heavy (non-hydrogen) atoms. The van der Waals surface area contributed by atoms with Gasteiger partial charge in [0.15, 0.2) is 0 Å². The number of hydrogen-bond donors (Lipinski definition) is 1. The van der Waals surface area contributed by atoms with Gasteiger partial charge in [-0.05, 0) is 24.3 Å². The number of methoxy groups -OCH3 is 2. The predicted molar refractivity (Wildman–Crippen MR) is 117 cm³/mol. The van der Waals surface area contributed by atoms with E-state index in [9.17, 15) is 4.79 Å². The maximum absolute atomic E-state index is 13.3. The number of hydrogen-bond acceptors (Lipinski definition) is 5. The van der Waals surface area contributed by atoms with Crippen LogP contribution in [-0.2, 0) is 0 Å². The number of nitrogens with zero attached hydrogens (tertiary/aromatic N) is 2. The van der Waals surface area contributed by atoms with Crippen molar-refractivity contribution in [2.45, 2.75) is 0 Å². The molecule has 7 heteroatoms. The van der Waals surface area contributed by atoms with Crippen LogP contribution >= 0.6 is 11.6 Å². The fourth-order valence-electron chi connectivity index (χ4n) is 3.18. The van der Waals surface area contributed by atoms with Gasteiger partial charge in [-0.15, -0.1) is 0 Å². The summed E-state index contributed by atoms with van der Waals surface area (Å²) in [5.41, 5.74) is 3.22. The number of amides is 1. The Kier molecular flexibility index (Phi) is 5.50. The number of ether oxygens (including phenoxy) is 2. The molecular formula is C23H18ClN3O3. The monoisotopic (exact) mass is 419 g/mol. The molecule has 0 radical (unpaired) electrons. The molecule has 150 valence electrons. The molecule has 0 saturated carbocycles. The summed E-state index contributed by atoms with van der Waals surface area (Å²) in [6, 6.07) is 16.2. The lowest BCUT2D eigenvalue weighted by Gasteiger charge is -2.14. The SMILES string of the molecule is COc1cc(NC(=O)c2cc(-c3ccncc3)nc3ccccc23)c(OC)cc1Cl. The Hall–Kier alpha value is -3.64. The van der Waals surface area contributed by atoms with Gasteiger partial charge < -0.3 is 14.8 Å². The molecular weight excluding hydrogens is 402 g/mol. The van der Waals surface area contributed by atoms with Crippen LogP contribution in [0.5, 0.6) is 11.5 Å². The lowest BCUT2D eigenvalue weighted by atomic mass is 10.0. The first kappa shape index (κ1) is 19.7. The molecule has 0 unspecified atom stereocenters. The van der Waals surface area contributed by atoms with Crippen LogP contribution in [-0.4, -0.2) is 30.1 Å². The third-order valence-corrected chi connectivity index (χ3v) is 4.95. The average Bonchev–Trinajstić information content (AvgIpc) is 2.79. The third-order valence-electron chi connectivity index (χ3n) is 4.66. The highest BCUT2D eigenvalue weighted by molar-refractivity contribution is 6.32. The van der Waals surface area contributed by atoms with Crippen LogP contribution in [0, 0.1) is 0 Å². The number of pyridine rings is 2. The number of aromatic nitrogens is 2. The number of nitrogens with one attached hydrogen (secondary N) is 1. The summed E-state index contributed by atoms with van der Waals surface area (Å²) in [7, 11) is 3.02. The molecule has 2 heterocycles. The van der Waals surface area contributed by atoms with Gasteiger partial charge in [-0.2, -0.15) is 0 Å². The third kappa shape index (κ3) is 3.77. The van der Waals surface area contributed by atoms with Crippen LogP contribution in [0.4, 0.5) is 5.69 Å². The molecule has 0 aliphatic heterocycles. The molecule has 0 spiro atoms. The molecule has 6 nitrogen and oxygen atoms in total. The van der Waals surface area contributed by atoms with Crippen molar-refractivity contribution in [1.29, 1.82) is 0 Å². The summed E-state index contributed by atoms with van der Waals surface area (Å²) in [6.45, 7) is 0. The van der Waals surface area contributed by atoms with Crippen molar-refractivity contribution in [3.8, 4) is 22.8 Å². The van der Waals surface area contributed by atoms with Gasteiger partial charge >= 0.3 is 0 Å². The van der Waals surface area contributed by atoms with Crippen LogP contribution in [0.15, 0.2) is 67.0 Å². The van der Waals surface area contributed by atoms with Gasteiger partial charge in [0.2, 0.25) is 0 Å². The quantitative estimate of drug-likeness (QED) is 0.480. The predicted octanol–water partition coefficient (Wildman–Crippen LogP) is 5.22. The van der Waals surface area contributed by atoms with Crippen LogP contribution in [0.2, 0.25) is 5.02 Å². The van der Waals surface area contributed by atoms with Crippen molar-refractivity contribution in [3.05, 3.63) is 77.6 Å². The summed E-state index contributed by atoms with van der Waals surface area (Å²) in [5.74, 6) is 0.568. The Balaban J connectivity index is 1.80. The van der Waals surface area contributed by atoms with Gasteiger partial charge in [0, 0.05) is 35.5 Å². The Morgan fingerprint density at radius 1 is 0.967 bits per heavy atom. The molecule has 1 amide bonds. The molecule has 0 aliphatic rings. The summed E-state index contributed by atoms with van der Waals surface area (Å²) in [5, 5.41) is 4.04. The number of carbonyl (C=O) groups excluding carboxylic acids is 1. The van der Waals surface area contributed by atoms with Crippen LogP contribution in [0.1, 0.15) is 10.4 Å². The maximum atomic E-state index is 13.3. The molecule has 4 aromatic rings. The van der Waals surface area contributed by atoms with Gasteiger partial charge in [0.1, 0.15) is 11.5 Å². The second kappa shape index (κ2) is 8.39. The second-order valence-corrected chi connectivity index (χ2v) is 6.86. The Morgan fingerprint density at radius 2 is 1.70 bits per heavy atom. The van der Waals surface area contributed by atoms with Gasteiger partial charge in [-0.1, -0.05) is 29.8 Å². The van der Waals surface area contributed by atoms with Crippen molar-refractivity contribution in [1.82, 2.24) is 9.97 Å². The van der Waals surface area contributed by atoms with Gasteiger partial charge in [-0.25, -0.2) is 4.98 Å². The highest BCUT2D eigenvalue weighted by Gasteiger charge is 2.17. The maximum Gasteiger partial charge on any atom is 0.256 e. The number of halogens is 1. The van der Waals surface area contributed by atoms with Crippen LogP contribution in [0.3, 0.4) is 0 Å². The fraction of sp³-hybridized carbons (Fsp3) is 0.0870. The standard InChI is InChI=1S/C23H18ClN3O3/c1-29-21-13-20(22(30-2)12-17(21)24)27-23(28)16-11-19(14-7-9-25-10-8-14)26-18-6-4-3-5-15(16)18/h3-13H,1-2H3,(H,27,28). The molecule has 0 aliphatic carbocycles. The second-order valence-electron chi connectivity index (χ2n) is 6.45. The Bertz CT molecular complexity index is 1230. The molecule has 0 atom stereocenters. The summed E-state index contributed by atoms with van der Waals surface area (Å²) in [4.78, 5) is 22.0. The zero-order chi connectivity index (χ0) is 21.1. The Morgan fingerprint density at radius 3 is 2.43 bits per heavy atom. The molecule has 4 rings (SSSR count). The van der Waals surface area contributed by atoms with E-state index in [-0.39, 0.29) is 5.91 Å². The zero-order valence-corrected chi connectivity index (χ0v) is 17.1. The van der Waals surface area contributed by atoms with E-state index in [1.807, 2.05) is 36.4 Å². The number of fused-ring (bicyclic) bond motifs is 1. The van der Waals surface area contributed by atoms with Gasteiger partial charge in [0.05, 0.1) is 41.7 Å². The first-order valence-corrected chi connectivity index (χ1v) is 9.51. The van der Waals surface area contributed by atoms with E-state index in [1.54, 1.807) is 30.6 Å². The van der Waals surface area contributed by atoms with E-state index in [4.69, 9.17) is 26.1 Å². The molecule has 0 bridgehead atoms. The van der Waals surface area contributed by atoms with Crippen molar-refractivity contribution < 1.29 is 14.3 Å². The number of carbonyl (C=O) groups is 1. The molecule has 2 aromatic heterocycles. The van der Waals surface area contributed by atoms with Crippen molar-refractivity contribution >= 4 is 34.1 Å². The Labute approximate surface area is 178 Å².